The van der Waals surface area contributed by atoms with Crippen molar-refractivity contribution < 1.29 is 19.8 Å². The van der Waals surface area contributed by atoms with Gasteiger partial charge in [-0.1, -0.05) is 179 Å². The number of carbonyl (C=O) groups is 2. The van der Waals surface area contributed by atoms with Gasteiger partial charge in [0.2, 0.25) is 0 Å². The maximum atomic E-state index is 14.2. The van der Waals surface area contributed by atoms with E-state index >= 15 is 0 Å². The van der Waals surface area contributed by atoms with E-state index in [0.29, 0.717) is 33.4 Å². The van der Waals surface area contributed by atoms with E-state index in [1.807, 2.05) is 111 Å². The zero-order valence-electron chi connectivity index (χ0n) is 48.0. The summed E-state index contributed by atoms with van der Waals surface area (Å²) in [5, 5.41) is 28.7. The van der Waals surface area contributed by atoms with Crippen molar-refractivity contribution in [2.24, 2.45) is 0 Å². The van der Waals surface area contributed by atoms with Gasteiger partial charge in [0.1, 0.15) is 12.2 Å². The maximum absolute atomic E-state index is 14.2. The number of hydrogen-bond donors (Lipinski definition) is 2. The number of allylic oxidation sites excluding steroid dienone is 2. The number of fused-ring (bicyclic) bond motifs is 4. The molecule has 0 bridgehead atoms. The first-order valence-electron chi connectivity index (χ1n) is 28.7. The highest BCUT2D eigenvalue weighted by molar-refractivity contribution is 6.49. The van der Waals surface area contributed by atoms with E-state index < -0.39 is 23.0 Å². The third-order valence-electron chi connectivity index (χ3n) is 18.2. The third kappa shape index (κ3) is 7.90. The smallest absolute Gasteiger partial charge is 0.261 e. The van der Waals surface area contributed by atoms with Gasteiger partial charge in [-0.25, -0.2) is 0 Å². The summed E-state index contributed by atoms with van der Waals surface area (Å²) in [5.74, 6) is -0.696. The van der Waals surface area contributed by atoms with Crippen LogP contribution in [0.15, 0.2) is 253 Å². The molecule has 2 unspecified atom stereocenters. The fraction of sp³-hybridized carbons (Fsp3) is 0.147. The fourth-order valence-corrected chi connectivity index (χ4v) is 14.2. The second-order valence-corrected chi connectivity index (χ2v) is 23.6. The van der Waals surface area contributed by atoms with Gasteiger partial charge in [-0.3, -0.25) is 14.5 Å². The van der Waals surface area contributed by atoms with Gasteiger partial charge in [0.05, 0.1) is 22.5 Å². The number of nitrogens with zero attached hydrogens (tertiary/aromatic N) is 5. The molecule has 2 amide bonds. The number of rotatable bonds is 9. The molecule has 2 atom stereocenters. The zero-order chi connectivity index (χ0) is 57.9. The Morgan fingerprint density at radius 2 is 0.810 bits per heavy atom. The Morgan fingerprint density at radius 3 is 1.37 bits per heavy atom. The van der Waals surface area contributed by atoms with E-state index in [0.717, 1.165) is 95.1 Å². The summed E-state index contributed by atoms with van der Waals surface area (Å²) in [6.07, 6.45) is -1.85. The van der Waals surface area contributed by atoms with Gasteiger partial charge < -0.3 is 29.8 Å². The molecule has 0 saturated heterocycles. The fourth-order valence-electron chi connectivity index (χ4n) is 14.2. The predicted octanol–water partition coefficient (Wildman–Crippen LogP) is 15.9. The Morgan fingerprint density at radius 1 is 0.381 bits per heavy atom. The molecule has 1 fully saturated rings. The SMILES string of the molecule is CN1C(=O)C(c2ccc(N(c3ccccc3)c3cccc4ccccc34)cc2)=C(c2ccc(N(c3ccccc3)c3ccc(-c4ccc5c(c4)C(C)(C)C(=C4C(O)C(=C6N(C)c7ccccc7C6(C)C)C4O)N5C)c4ccccc34)cc2)C1=O. The van der Waals surface area contributed by atoms with Crippen LogP contribution in [-0.4, -0.2) is 60.3 Å². The number of carbonyl (C=O) groups excluding carboxylic acids is 2. The Bertz CT molecular complexity index is 4430. The molecule has 9 nitrogen and oxygen atoms in total. The van der Waals surface area contributed by atoms with Crippen LogP contribution in [-0.2, 0) is 20.4 Å². The Balaban J connectivity index is 0.804. The Hall–Kier alpha value is -9.80. The second-order valence-electron chi connectivity index (χ2n) is 23.6. The maximum Gasteiger partial charge on any atom is 0.261 e. The minimum atomic E-state index is -0.925. The zero-order valence-corrected chi connectivity index (χ0v) is 48.0. The van der Waals surface area contributed by atoms with Gasteiger partial charge in [-0.15, -0.1) is 0 Å². The van der Waals surface area contributed by atoms with Crippen molar-refractivity contribution in [2.45, 2.75) is 50.7 Å². The van der Waals surface area contributed by atoms with Crippen LogP contribution in [0.1, 0.15) is 49.9 Å². The molecule has 1 saturated carbocycles. The highest BCUT2D eigenvalue weighted by Gasteiger charge is 2.53. The molecule has 3 heterocycles. The molecule has 0 radical (unpaired) electrons. The van der Waals surface area contributed by atoms with Crippen LogP contribution in [0.4, 0.5) is 45.5 Å². The largest absolute Gasteiger partial charge is 0.384 e. The molecular formula is C75H63N5O4. The van der Waals surface area contributed by atoms with Crippen molar-refractivity contribution >= 4 is 90.0 Å². The van der Waals surface area contributed by atoms with Crippen molar-refractivity contribution in [1.82, 2.24) is 4.90 Å². The molecule has 10 aromatic carbocycles. The summed E-state index contributed by atoms with van der Waals surface area (Å²) in [6.45, 7) is 8.73. The summed E-state index contributed by atoms with van der Waals surface area (Å²) in [4.78, 5) is 38.4. The molecule has 412 valence electrons. The molecule has 0 spiro atoms. The summed E-state index contributed by atoms with van der Waals surface area (Å²) in [7, 11) is 5.63. The number of anilines is 8. The van der Waals surface area contributed by atoms with Gasteiger partial charge in [0, 0.05) is 99.4 Å². The Labute approximate surface area is 490 Å². The number of amides is 2. The van der Waals surface area contributed by atoms with Gasteiger partial charge in [0.15, 0.2) is 0 Å². The van der Waals surface area contributed by atoms with E-state index in [4.69, 9.17) is 0 Å². The molecular weight excluding hydrogens is 1030 g/mol. The van der Waals surface area contributed by atoms with E-state index in [-0.39, 0.29) is 11.8 Å². The number of imide groups is 1. The number of hydrogen-bond acceptors (Lipinski definition) is 8. The van der Waals surface area contributed by atoms with Gasteiger partial charge in [-0.2, -0.15) is 0 Å². The standard InChI is InChI=1S/C75H63N5O4/c1-74(2)58-30-18-19-31-62(58)76(5)70(74)66-68(81)67(69(66)82)71-75(3,4)59-45-49(37-43-63(59)77(71)6)54-42-44-61(57-29-17-16-28-56(54)57)80(51-25-12-9-13-26-51)53-40-35-48(36-41-53)65-64(72(83)78(7)73(65)84)47-33-38-52(39-34-47)79(50-23-10-8-11-24-50)60-32-20-22-46-21-14-15-27-55(46)60/h8-45,68-69,81-82H,1-7H3. The predicted molar refractivity (Wildman–Crippen MR) is 343 cm³/mol. The third-order valence-corrected chi connectivity index (χ3v) is 18.2. The van der Waals surface area contributed by atoms with Crippen LogP contribution in [0.25, 0.3) is 43.8 Å². The second kappa shape index (κ2) is 19.7. The normalized spacial score (nSPS) is 17.8. The van der Waals surface area contributed by atoms with Crippen molar-refractivity contribution in [1.29, 1.82) is 0 Å². The van der Waals surface area contributed by atoms with Crippen LogP contribution in [0.3, 0.4) is 0 Å². The average molecular weight is 1100 g/mol. The molecule has 84 heavy (non-hydrogen) atoms. The quantitative estimate of drug-likeness (QED) is 0.138. The highest BCUT2D eigenvalue weighted by Crippen LogP contribution is 2.57. The van der Waals surface area contributed by atoms with Crippen LogP contribution in [0.5, 0.6) is 0 Å². The first kappa shape index (κ1) is 52.3. The molecule has 14 rings (SSSR count). The lowest BCUT2D eigenvalue weighted by molar-refractivity contribution is -0.134. The van der Waals surface area contributed by atoms with E-state index in [2.05, 4.69) is 181 Å². The average Bonchev–Trinajstić information content (AvgIpc) is 1.76. The van der Waals surface area contributed by atoms with Gasteiger partial charge in [0.25, 0.3) is 11.8 Å². The topological polar surface area (TPSA) is 90.8 Å². The number of likely N-dealkylation sites (N-methyl/N-ethyl adjacent to an activating group) is 3. The first-order chi connectivity index (χ1) is 40.6. The summed E-state index contributed by atoms with van der Waals surface area (Å²) in [5.41, 5.74) is 16.6. The molecule has 1 aliphatic carbocycles. The highest BCUT2D eigenvalue weighted by atomic mass is 16.3. The molecule has 10 aromatic rings. The van der Waals surface area contributed by atoms with Crippen LogP contribution >= 0.6 is 0 Å². The van der Waals surface area contributed by atoms with Crippen LogP contribution < -0.4 is 19.6 Å². The lowest BCUT2D eigenvalue weighted by Gasteiger charge is -2.44. The van der Waals surface area contributed by atoms with E-state index in [9.17, 15) is 19.8 Å². The monoisotopic (exact) mass is 1100 g/mol. The van der Waals surface area contributed by atoms with Gasteiger partial charge in [-0.05, 0) is 123 Å². The first-order valence-corrected chi connectivity index (χ1v) is 28.7. The lowest BCUT2D eigenvalue weighted by atomic mass is 9.68. The van der Waals surface area contributed by atoms with Gasteiger partial charge >= 0.3 is 0 Å². The molecule has 9 heteroatoms. The number of aliphatic hydroxyl groups is 2. The van der Waals surface area contributed by atoms with Crippen LogP contribution in [0, 0.1) is 0 Å². The minimum Gasteiger partial charge on any atom is -0.384 e. The number of benzene rings is 10. The molecule has 0 aromatic heterocycles. The summed E-state index contributed by atoms with van der Waals surface area (Å²) < 4.78 is 0. The van der Waals surface area contributed by atoms with Crippen molar-refractivity contribution in [3.05, 3.63) is 275 Å². The molecule has 4 aliphatic rings. The minimum absolute atomic E-state index is 0.346. The Kier molecular flexibility index (Phi) is 12.3. The van der Waals surface area contributed by atoms with E-state index in [1.54, 1.807) is 7.05 Å². The summed E-state index contributed by atoms with van der Waals surface area (Å²) >= 11 is 0. The van der Waals surface area contributed by atoms with Crippen molar-refractivity contribution in [3.63, 3.8) is 0 Å². The summed E-state index contributed by atoms with van der Waals surface area (Å²) in [6, 6.07) is 79.0. The molecule has 3 aliphatic heterocycles. The number of para-hydroxylation sites is 3. The van der Waals surface area contributed by atoms with Crippen molar-refractivity contribution in [2.75, 3.05) is 40.7 Å². The molecule has 2 N–H and O–H groups in total. The number of aliphatic hydroxyl groups excluding tert-OH is 2. The van der Waals surface area contributed by atoms with E-state index in [1.165, 1.54) is 10.5 Å². The van der Waals surface area contributed by atoms with Crippen molar-refractivity contribution in [3.8, 4) is 11.1 Å². The lowest BCUT2D eigenvalue weighted by Crippen LogP contribution is -2.48. The van der Waals surface area contributed by atoms with Crippen LogP contribution in [0.2, 0.25) is 0 Å².